The van der Waals surface area contributed by atoms with Crippen LogP contribution in [0, 0.1) is 34.3 Å². The Labute approximate surface area is 223 Å². The van der Waals surface area contributed by atoms with Crippen molar-refractivity contribution in [3.05, 3.63) is 77.4 Å². The summed E-state index contributed by atoms with van der Waals surface area (Å²) in [5.41, 5.74) is -2.30. The minimum atomic E-state index is -9.95. The average molecular weight is 589 g/mol. The van der Waals surface area contributed by atoms with Gasteiger partial charge in [-0.15, -0.1) is 0 Å². The number of nitrogens with zero attached hydrogens (tertiary/aromatic N) is 2. The Morgan fingerprint density at radius 1 is 0.950 bits per heavy atom. The molecule has 0 aliphatic carbocycles. The Hall–Kier alpha value is -4.63. The van der Waals surface area contributed by atoms with Gasteiger partial charge in [0.05, 0.1) is 24.8 Å². The van der Waals surface area contributed by atoms with Gasteiger partial charge in [0, 0.05) is 23.8 Å². The predicted molar refractivity (Wildman–Crippen MR) is 129 cm³/mol. The van der Waals surface area contributed by atoms with Gasteiger partial charge in [0.25, 0.3) is 5.91 Å². The summed E-state index contributed by atoms with van der Waals surface area (Å²) in [4.78, 5) is 10.4. The van der Waals surface area contributed by atoms with E-state index in [1.54, 1.807) is 6.07 Å². The second kappa shape index (κ2) is 9.84. The molecular formula is C25H18F7N3O4S. The highest BCUT2D eigenvalue weighted by Crippen LogP contribution is 3.02. The number of nitriles is 2. The first-order chi connectivity index (χ1) is 18.4. The minimum Gasteiger partial charge on any atom is -0.497 e. The van der Waals surface area contributed by atoms with E-state index in [2.05, 4.69) is 5.32 Å². The van der Waals surface area contributed by atoms with Crippen LogP contribution in [0.5, 0.6) is 23.0 Å². The van der Waals surface area contributed by atoms with Crippen LogP contribution in [-0.4, -0.2) is 25.2 Å². The Morgan fingerprint density at radius 3 is 2.05 bits per heavy atom. The van der Waals surface area contributed by atoms with Gasteiger partial charge in [-0.05, 0) is 43.3 Å². The molecule has 212 valence electrons. The molecule has 3 aromatic rings. The SMILES string of the molecule is COc1cc(F)c(Oc2ccc(C#N)cc2OCC(C)(C#N)NC(=O)c2ccc(S(F)(F)(F)(F)F)cc2)c(F)c1. The van der Waals surface area contributed by atoms with Crippen molar-refractivity contribution < 1.29 is 47.2 Å². The summed E-state index contributed by atoms with van der Waals surface area (Å²) in [7, 11) is -8.76. The maximum absolute atomic E-state index is 14.4. The highest BCUT2D eigenvalue weighted by Gasteiger charge is 2.65. The maximum Gasteiger partial charge on any atom is 0.310 e. The van der Waals surface area contributed by atoms with E-state index < -0.39 is 56.1 Å². The van der Waals surface area contributed by atoms with E-state index in [9.17, 15) is 43.5 Å². The van der Waals surface area contributed by atoms with Gasteiger partial charge in [-0.1, -0.05) is 19.4 Å². The fourth-order valence-electron chi connectivity index (χ4n) is 3.14. The smallest absolute Gasteiger partial charge is 0.310 e. The van der Waals surface area contributed by atoms with Crippen LogP contribution in [0.15, 0.2) is 59.5 Å². The molecule has 0 aliphatic heterocycles. The lowest BCUT2D eigenvalue weighted by atomic mass is 10.0. The van der Waals surface area contributed by atoms with Crippen LogP contribution < -0.4 is 19.5 Å². The van der Waals surface area contributed by atoms with Crippen molar-refractivity contribution in [2.24, 2.45) is 0 Å². The zero-order chi connectivity index (χ0) is 30.0. The number of benzene rings is 3. The standard InChI is InChI=1S/C25H18F7N3O4S/c1-25(13-34,35-24(36)16-4-6-18(7-5-16)40(28,29,30,31)32)14-38-22-9-15(12-33)3-8-21(22)39-23-19(26)10-17(37-2)11-20(23)27/h3-11H,14H2,1-2H3,(H,35,36). The molecule has 0 aromatic heterocycles. The van der Waals surface area contributed by atoms with E-state index in [4.69, 9.17) is 14.2 Å². The van der Waals surface area contributed by atoms with Gasteiger partial charge in [0.1, 0.15) is 17.3 Å². The molecule has 1 N–H and O–H groups in total. The highest BCUT2D eigenvalue weighted by atomic mass is 32.5. The van der Waals surface area contributed by atoms with Crippen LogP contribution in [0.4, 0.5) is 28.2 Å². The minimum absolute atomic E-state index is 0.0322. The lowest BCUT2D eigenvalue weighted by Crippen LogP contribution is -2.49. The Bertz CT molecular complexity index is 1530. The first kappa shape index (κ1) is 29.9. The number of rotatable bonds is 9. The topological polar surface area (TPSA) is 104 Å². The number of halogens is 7. The second-order valence-corrected chi connectivity index (χ2v) is 10.9. The molecule has 1 amide bonds. The third kappa shape index (κ3) is 7.06. The van der Waals surface area contributed by atoms with Crippen LogP contribution in [0.1, 0.15) is 22.8 Å². The number of methoxy groups -OCH3 is 1. The average Bonchev–Trinajstić information content (AvgIpc) is 2.88. The van der Waals surface area contributed by atoms with Gasteiger partial charge in [-0.25, -0.2) is 8.78 Å². The number of carbonyl (C=O) groups is 1. The summed E-state index contributed by atoms with van der Waals surface area (Å²) in [5.74, 6) is -4.84. The van der Waals surface area contributed by atoms with Crippen molar-refractivity contribution in [2.45, 2.75) is 17.4 Å². The van der Waals surface area contributed by atoms with Gasteiger partial charge < -0.3 is 19.5 Å². The number of hydrogen-bond donors (Lipinski definition) is 1. The molecule has 1 atom stereocenters. The number of nitrogens with one attached hydrogen (secondary N) is 1. The number of ether oxygens (including phenoxy) is 3. The van der Waals surface area contributed by atoms with Gasteiger partial charge in [-0.2, -0.15) is 10.5 Å². The zero-order valence-electron chi connectivity index (χ0n) is 20.5. The largest absolute Gasteiger partial charge is 0.497 e. The lowest BCUT2D eigenvalue weighted by molar-refractivity contribution is 0.0900. The Balaban J connectivity index is 1.83. The van der Waals surface area contributed by atoms with Crippen LogP contribution in [0.2, 0.25) is 0 Å². The molecule has 40 heavy (non-hydrogen) atoms. The first-order valence-corrected chi connectivity index (χ1v) is 12.8. The third-order valence-electron chi connectivity index (χ3n) is 5.21. The Kier molecular flexibility index (Phi) is 7.36. The summed E-state index contributed by atoms with van der Waals surface area (Å²) in [5, 5.41) is 21.0. The summed E-state index contributed by atoms with van der Waals surface area (Å²) < 4.78 is 109. The summed E-state index contributed by atoms with van der Waals surface area (Å²) in [6, 6.07) is 9.94. The summed E-state index contributed by atoms with van der Waals surface area (Å²) >= 11 is 0. The van der Waals surface area contributed by atoms with Crippen molar-refractivity contribution in [3.63, 3.8) is 0 Å². The fourth-order valence-corrected chi connectivity index (χ4v) is 3.79. The van der Waals surface area contributed by atoms with Gasteiger partial charge >= 0.3 is 10.2 Å². The fraction of sp³-hybridized carbons (Fsp3) is 0.160. The van der Waals surface area contributed by atoms with Crippen molar-refractivity contribution in [3.8, 4) is 35.1 Å². The van der Waals surface area contributed by atoms with E-state index in [1.807, 2.05) is 6.07 Å². The van der Waals surface area contributed by atoms with Crippen molar-refractivity contribution in [2.75, 3.05) is 13.7 Å². The number of hydrogen-bond acceptors (Lipinski definition) is 6. The van der Waals surface area contributed by atoms with Crippen LogP contribution in [0.3, 0.4) is 0 Å². The summed E-state index contributed by atoms with van der Waals surface area (Å²) in [6.45, 7) is 0.517. The number of amides is 1. The second-order valence-electron chi connectivity index (χ2n) is 8.48. The van der Waals surface area contributed by atoms with E-state index in [0.717, 1.165) is 18.2 Å². The lowest BCUT2D eigenvalue weighted by Gasteiger charge is -2.40. The van der Waals surface area contributed by atoms with Crippen LogP contribution >= 0.6 is 10.2 Å². The molecule has 0 saturated heterocycles. The molecule has 15 heteroatoms. The van der Waals surface area contributed by atoms with Gasteiger partial charge in [-0.3, -0.25) is 4.79 Å². The van der Waals surface area contributed by atoms with Crippen molar-refractivity contribution >= 4 is 16.1 Å². The molecule has 7 nitrogen and oxygen atoms in total. The van der Waals surface area contributed by atoms with Crippen LogP contribution in [-0.2, 0) is 0 Å². The quantitative estimate of drug-likeness (QED) is 0.261. The number of carbonyl (C=O) groups excluding carboxylic acids is 1. The van der Waals surface area contributed by atoms with E-state index in [0.29, 0.717) is 12.1 Å². The van der Waals surface area contributed by atoms with Crippen molar-refractivity contribution in [1.29, 1.82) is 10.5 Å². The molecule has 0 spiro atoms. The third-order valence-corrected chi connectivity index (χ3v) is 6.37. The normalized spacial score (nSPS) is 14.4. The van der Waals surface area contributed by atoms with E-state index >= 15 is 0 Å². The zero-order valence-corrected chi connectivity index (χ0v) is 21.3. The molecule has 0 aliphatic rings. The maximum atomic E-state index is 14.4. The van der Waals surface area contributed by atoms with Crippen LogP contribution in [0.25, 0.3) is 0 Å². The van der Waals surface area contributed by atoms with Gasteiger partial charge in [0.15, 0.2) is 34.4 Å². The molecule has 0 bridgehead atoms. The van der Waals surface area contributed by atoms with E-state index in [-0.39, 0.29) is 34.9 Å². The Morgan fingerprint density at radius 2 is 1.55 bits per heavy atom. The predicted octanol–water partition coefficient (Wildman–Crippen LogP) is 7.39. The highest BCUT2D eigenvalue weighted by molar-refractivity contribution is 8.45. The molecule has 0 heterocycles. The van der Waals surface area contributed by atoms with Gasteiger partial charge in [0.2, 0.25) is 0 Å². The first-order valence-electron chi connectivity index (χ1n) is 10.8. The molecule has 0 radical (unpaired) electrons. The molecular weight excluding hydrogens is 571 g/mol. The van der Waals surface area contributed by atoms with E-state index in [1.165, 1.54) is 26.2 Å². The summed E-state index contributed by atoms with van der Waals surface area (Å²) in [6.07, 6.45) is 0. The molecule has 3 rings (SSSR count). The monoisotopic (exact) mass is 589 g/mol. The molecule has 0 fully saturated rings. The molecule has 1 unspecified atom stereocenters. The molecule has 3 aromatic carbocycles. The van der Waals surface area contributed by atoms with Crippen molar-refractivity contribution in [1.82, 2.24) is 5.32 Å². The molecule has 0 saturated carbocycles.